The van der Waals surface area contributed by atoms with E-state index in [1.54, 1.807) is 29.8 Å². The monoisotopic (exact) mass is 270 g/mol. The van der Waals surface area contributed by atoms with Crippen molar-refractivity contribution in [3.8, 4) is 5.75 Å². The van der Waals surface area contributed by atoms with Gasteiger partial charge in [0.05, 0.1) is 15.7 Å². The summed E-state index contributed by atoms with van der Waals surface area (Å²) in [6.07, 6.45) is 0. The van der Waals surface area contributed by atoms with Crippen molar-refractivity contribution in [3.05, 3.63) is 59.6 Å². The van der Waals surface area contributed by atoms with E-state index in [4.69, 9.17) is 4.84 Å². The van der Waals surface area contributed by atoms with Gasteiger partial charge < -0.3 is 4.84 Å². The largest absolute Gasteiger partial charge is 0.379 e. The number of nitrogens with zero attached hydrogens (tertiary/aromatic N) is 1. The van der Waals surface area contributed by atoms with Gasteiger partial charge in [-0.2, -0.15) is 5.48 Å². The van der Waals surface area contributed by atoms with Crippen LogP contribution in [0.2, 0.25) is 0 Å². The lowest BCUT2D eigenvalue weighted by molar-refractivity contribution is 0.0760. The summed E-state index contributed by atoms with van der Waals surface area (Å²) in [4.78, 5) is 21.3. The third-order valence-electron chi connectivity index (χ3n) is 2.60. The number of fused-ring (bicyclic) bond motifs is 1. The molecule has 0 aliphatic heterocycles. The highest BCUT2D eigenvalue weighted by molar-refractivity contribution is 7.16. The molecule has 0 atom stereocenters. The van der Waals surface area contributed by atoms with E-state index in [-0.39, 0.29) is 5.91 Å². The van der Waals surface area contributed by atoms with Crippen LogP contribution >= 0.6 is 11.3 Å². The van der Waals surface area contributed by atoms with Crippen molar-refractivity contribution < 1.29 is 9.63 Å². The van der Waals surface area contributed by atoms with Gasteiger partial charge in [-0.3, -0.25) is 4.79 Å². The number of hydrogen-bond donors (Lipinski definition) is 1. The van der Waals surface area contributed by atoms with Gasteiger partial charge in [0.25, 0.3) is 5.91 Å². The molecule has 0 saturated heterocycles. The number of benzene rings is 2. The molecule has 1 amide bonds. The van der Waals surface area contributed by atoms with E-state index in [9.17, 15) is 4.79 Å². The Labute approximate surface area is 113 Å². The minimum Gasteiger partial charge on any atom is -0.379 e. The Morgan fingerprint density at radius 2 is 2.00 bits per heavy atom. The van der Waals surface area contributed by atoms with Crippen molar-refractivity contribution >= 4 is 27.5 Å². The molecular weight excluding hydrogens is 260 g/mol. The van der Waals surface area contributed by atoms with E-state index in [1.807, 2.05) is 24.3 Å². The summed E-state index contributed by atoms with van der Waals surface area (Å²) < 4.78 is 0.979. The second-order valence-corrected chi connectivity index (χ2v) is 4.77. The second-order valence-electron chi connectivity index (χ2n) is 3.88. The van der Waals surface area contributed by atoms with Gasteiger partial charge in [-0.1, -0.05) is 18.2 Å². The second kappa shape index (κ2) is 5.07. The average molecular weight is 270 g/mol. The van der Waals surface area contributed by atoms with E-state index in [0.717, 1.165) is 10.2 Å². The minimum atomic E-state index is -0.279. The maximum atomic E-state index is 11.9. The van der Waals surface area contributed by atoms with E-state index >= 15 is 0 Å². The molecule has 3 rings (SSSR count). The van der Waals surface area contributed by atoms with Gasteiger partial charge in [-0.05, 0) is 30.3 Å². The predicted octanol–water partition coefficient (Wildman–Crippen LogP) is 3.02. The summed E-state index contributed by atoms with van der Waals surface area (Å²) >= 11 is 1.50. The summed E-state index contributed by atoms with van der Waals surface area (Å²) in [5, 5.41) is 0. The molecule has 2 aromatic carbocycles. The molecule has 0 spiro atoms. The first kappa shape index (κ1) is 11.7. The number of nitrogens with one attached hydrogen (secondary N) is 1. The molecule has 4 nitrogen and oxygen atoms in total. The highest BCUT2D eigenvalue weighted by atomic mass is 32.1. The third-order valence-corrected chi connectivity index (χ3v) is 3.39. The number of hydroxylamine groups is 1. The fraction of sp³-hybridized carbons (Fsp3) is 0. The number of aromatic nitrogens is 1. The van der Waals surface area contributed by atoms with Crippen LogP contribution in [0.1, 0.15) is 10.4 Å². The van der Waals surface area contributed by atoms with E-state index in [2.05, 4.69) is 10.5 Å². The summed E-state index contributed by atoms with van der Waals surface area (Å²) in [7, 11) is 0. The number of carbonyl (C=O) groups is 1. The smallest absolute Gasteiger partial charge is 0.283 e. The molecule has 0 fully saturated rings. The van der Waals surface area contributed by atoms with Crippen LogP contribution in [0, 0.1) is 0 Å². The molecule has 0 bridgehead atoms. The van der Waals surface area contributed by atoms with Crippen LogP contribution < -0.4 is 10.3 Å². The number of para-hydroxylation sites is 1. The van der Waals surface area contributed by atoms with Gasteiger partial charge in [-0.15, -0.1) is 11.3 Å². The Bertz CT molecular complexity index is 710. The lowest BCUT2D eigenvalue weighted by Crippen LogP contribution is -2.26. The Morgan fingerprint density at radius 3 is 2.84 bits per heavy atom. The lowest BCUT2D eigenvalue weighted by atomic mass is 10.2. The minimum absolute atomic E-state index is 0.279. The molecule has 3 aromatic rings. The zero-order valence-electron chi connectivity index (χ0n) is 9.87. The number of carbonyl (C=O) groups excluding carboxylic acids is 1. The van der Waals surface area contributed by atoms with Gasteiger partial charge in [0.2, 0.25) is 0 Å². The number of thiazole rings is 1. The molecule has 0 saturated carbocycles. The average Bonchev–Trinajstić information content (AvgIpc) is 2.93. The molecule has 1 aromatic heterocycles. The molecular formula is C14H10N2O2S. The zero-order chi connectivity index (χ0) is 13.1. The van der Waals surface area contributed by atoms with Crippen LogP contribution in [0.15, 0.2) is 54.0 Å². The van der Waals surface area contributed by atoms with Crippen LogP contribution in [0.5, 0.6) is 5.75 Å². The number of hydrogen-bond acceptors (Lipinski definition) is 4. The Morgan fingerprint density at radius 1 is 1.16 bits per heavy atom. The predicted molar refractivity (Wildman–Crippen MR) is 74.2 cm³/mol. The Kier molecular flexibility index (Phi) is 3.12. The molecule has 5 heteroatoms. The summed E-state index contributed by atoms with van der Waals surface area (Å²) in [6, 6.07) is 14.5. The van der Waals surface area contributed by atoms with Gasteiger partial charge in [0.15, 0.2) is 5.75 Å². The number of rotatable bonds is 3. The molecule has 1 heterocycles. The van der Waals surface area contributed by atoms with Crippen molar-refractivity contribution in [1.82, 2.24) is 10.5 Å². The SMILES string of the molecule is O=C(NOc1ccccc1)c1ccc2ncsc2c1. The first-order chi connectivity index (χ1) is 9.33. The van der Waals surface area contributed by atoms with Crippen LogP contribution in [0.25, 0.3) is 10.2 Å². The number of amides is 1. The maximum absolute atomic E-state index is 11.9. The first-order valence-electron chi connectivity index (χ1n) is 5.68. The maximum Gasteiger partial charge on any atom is 0.283 e. The normalized spacial score (nSPS) is 10.3. The van der Waals surface area contributed by atoms with Crippen LogP contribution in [0.3, 0.4) is 0 Å². The highest BCUT2D eigenvalue weighted by Gasteiger charge is 2.07. The molecule has 1 N–H and O–H groups in total. The lowest BCUT2D eigenvalue weighted by Gasteiger charge is -2.06. The van der Waals surface area contributed by atoms with Crippen LogP contribution in [0.4, 0.5) is 0 Å². The molecule has 0 aliphatic rings. The van der Waals surface area contributed by atoms with Gasteiger partial charge in [-0.25, -0.2) is 4.98 Å². The van der Waals surface area contributed by atoms with Crippen LogP contribution in [-0.4, -0.2) is 10.9 Å². The van der Waals surface area contributed by atoms with Crippen molar-refractivity contribution in [2.75, 3.05) is 0 Å². The van der Waals surface area contributed by atoms with Gasteiger partial charge >= 0.3 is 0 Å². The van der Waals surface area contributed by atoms with Crippen molar-refractivity contribution in [2.24, 2.45) is 0 Å². The van der Waals surface area contributed by atoms with Crippen molar-refractivity contribution in [2.45, 2.75) is 0 Å². The first-order valence-corrected chi connectivity index (χ1v) is 6.56. The van der Waals surface area contributed by atoms with Crippen molar-refractivity contribution in [3.63, 3.8) is 0 Å². The van der Waals surface area contributed by atoms with Gasteiger partial charge in [0, 0.05) is 5.56 Å². The van der Waals surface area contributed by atoms with E-state index in [0.29, 0.717) is 11.3 Å². The molecule has 19 heavy (non-hydrogen) atoms. The summed E-state index contributed by atoms with van der Waals surface area (Å²) in [5.41, 5.74) is 5.62. The van der Waals surface area contributed by atoms with Gasteiger partial charge in [0.1, 0.15) is 0 Å². The summed E-state index contributed by atoms with van der Waals surface area (Å²) in [5.74, 6) is 0.314. The zero-order valence-corrected chi connectivity index (χ0v) is 10.7. The van der Waals surface area contributed by atoms with Crippen LogP contribution in [-0.2, 0) is 0 Å². The fourth-order valence-electron chi connectivity index (χ4n) is 1.65. The Balaban J connectivity index is 1.73. The molecule has 94 valence electrons. The summed E-state index contributed by atoms with van der Waals surface area (Å²) in [6.45, 7) is 0. The molecule has 0 unspecified atom stereocenters. The quantitative estimate of drug-likeness (QED) is 0.744. The van der Waals surface area contributed by atoms with E-state index < -0.39 is 0 Å². The van der Waals surface area contributed by atoms with Crippen molar-refractivity contribution in [1.29, 1.82) is 0 Å². The standard InChI is InChI=1S/C14H10N2O2S/c17-14(16-18-11-4-2-1-3-5-11)10-6-7-12-13(8-10)19-9-15-12/h1-9H,(H,16,17). The highest BCUT2D eigenvalue weighted by Crippen LogP contribution is 2.19. The third kappa shape index (κ3) is 2.56. The topological polar surface area (TPSA) is 51.2 Å². The van der Waals surface area contributed by atoms with E-state index in [1.165, 1.54) is 11.3 Å². The fourth-order valence-corrected chi connectivity index (χ4v) is 2.37. The molecule has 0 aliphatic carbocycles. The molecule has 0 radical (unpaired) electrons. The Hall–Kier alpha value is -2.40.